The Bertz CT molecular complexity index is 418. The summed E-state index contributed by atoms with van der Waals surface area (Å²) >= 11 is 0. The lowest BCUT2D eigenvalue weighted by Crippen LogP contribution is -2.37. The highest BCUT2D eigenvalue weighted by molar-refractivity contribution is 5.82. The van der Waals surface area contributed by atoms with Gasteiger partial charge in [-0.3, -0.25) is 9.59 Å². The van der Waals surface area contributed by atoms with E-state index in [1.54, 1.807) is 0 Å². The molecule has 4 heteroatoms. The van der Waals surface area contributed by atoms with Crippen molar-refractivity contribution in [2.45, 2.75) is 85.0 Å². The SMILES string of the molecule is COC(=O)C1CC(CCCCC(C)CCCC(C)C)CC[C@@H]1C(=O)OC. The number of ether oxygens (including phenoxy) is 2. The van der Waals surface area contributed by atoms with Crippen molar-refractivity contribution in [3.63, 3.8) is 0 Å². The Morgan fingerprint density at radius 3 is 2.08 bits per heavy atom. The molecule has 3 unspecified atom stereocenters. The summed E-state index contributed by atoms with van der Waals surface area (Å²) in [7, 11) is 2.80. The van der Waals surface area contributed by atoms with Crippen LogP contribution in [0.15, 0.2) is 0 Å². The first kappa shape index (κ1) is 23.0. The summed E-state index contributed by atoms with van der Waals surface area (Å²) in [5.74, 6) is 0.955. The van der Waals surface area contributed by atoms with Gasteiger partial charge in [0.15, 0.2) is 0 Å². The molecule has 1 rings (SSSR count). The van der Waals surface area contributed by atoms with Gasteiger partial charge in [-0.1, -0.05) is 65.7 Å². The third-order valence-electron chi connectivity index (χ3n) is 6.00. The summed E-state index contributed by atoms with van der Waals surface area (Å²) in [5.41, 5.74) is 0. The molecule has 0 aliphatic heterocycles. The van der Waals surface area contributed by atoms with Crippen LogP contribution >= 0.6 is 0 Å². The molecule has 0 saturated heterocycles. The minimum Gasteiger partial charge on any atom is -0.469 e. The molecule has 1 saturated carbocycles. The summed E-state index contributed by atoms with van der Waals surface area (Å²) in [6.07, 6.45) is 11.5. The lowest BCUT2D eigenvalue weighted by molar-refractivity contribution is -0.160. The molecule has 0 bridgehead atoms. The van der Waals surface area contributed by atoms with Gasteiger partial charge in [0.25, 0.3) is 0 Å². The van der Waals surface area contributed by atoms with Crippen molar-refractivity contribution in [3.05, 3.63) is 0 Å². The van der Waals surface area contributed by atoms with Gasteiger partial charge in [0, 0.05) is 0 Å². The molecule has 1 aliphatic carbocycles. The second kappa shape index (κ2) is 12.3. The first-order valence-electron chi connectivity index (χ1n) is 10.5. The average molecular weight is 369 g/mol. The maximum atomic E-state index is 12.1. The van der Waals surface area contributed by atoms with Crippen molar-refractivity contribution in [2.24, 2.45) is 29.6 Å². The first-order valence-corrected chi connectivity index (χ1v) is 10.5. The number of rotatable bonds is 11. The Balaban J connectivity index is 2.31. The van der Waals surface area contributed by atoms with Crippen LogP contribution in [0, 0.1) is 29.6 Å². The molecule has 26 heavy (non-hydrogen) atoms. The summed E-state index contributed by atoms with van der Waals surface area (Å²) < 4.78 is 9.80. The van der Waals surface area contributed by atoms with E-state index in [2.05, 4.69) is 20.8 Å². The Morgan fingerprint density at radius 1 is 0.846 bits per heavy atom. The largest absolute Gasteiger partial charge is 0.469 e. The van der Waals surface area contributed by atoms with Crippen LogP contribution in [0.5, 0.6) is 0 Å². The number of unbranched alkanes of at least 4 members (excludes halogenated alkanes) is 1. The van der Waals surface area contributed by atoms with Crippen LogP contribution in [0.25, 0.3) is 0 Å². The summed E-state index contributed by atoms with van der Waals surface area (Å²) in [6.45, 7) is 6.96. The van der Waals surface area contributed by atoms with Gasteiger partial charge < -0.3 is 9.47 Å². The van der Waals surface area contributed by atoms with E-state index in [9.17, 15) is 9.59 Å². The van der Waals surface area contributed by atoms with Crippen LogP contribution in [0.1, 0.15) is 85.0 Å². The van der Waals surface area contributed by atoms with Gasteiger partial charge in [-0.05, 0) is 37.0 Å². The van der Waals surface area contributed by atoms with E-state index in [1.807, 2.05) is 0 Å². The van der Waals surface area contributed by atoms with Gasteiger partial charge in [-0.2, -0.15) is 0 Å². The molecular formula is C22H40O4. The number of hydrogen-bond acceptors (Lipinski definition) is 4. The average Bonchev–Trinajstić information content (AvgIpc) is 2.63. The topological polar surface area (TPSA) is 52.6 Å². The second-order valence-corrected chi connectivity index (χ2v) is 8.65. The molecular weight excluding hydrogens is 328 g/mol. The molecule has 4 nitrogen and oxygen atoms in total. The molecule has 0 heterocycles. The van der Waals surface area contributed by atoms with Crippen LogP contribution in [-0.2, 0) is 19.1 Å². The Labute approximate surface area is 160 Å². The fourth-order valence-corrected chi connectivity index (χ4v) is 4.31. The molecule has 152 valence electrons. The van der Waals surface area contributed by atoms with Crippen molar-refractivity contribution in [1.82, 2.24) is 0 Å². The monoisotopic (exact) mass is 368 g/mol. The number of methoxy groups -OCH3 is 2. The number of carbonyl (C=O) groups is 2. The van der Waals surface area contributed by atoms with Crippen LogP contribution in [-0.4, -0.2) is 26.2 Å². The van der Waals surface area contributed by atoms with Gasteiger partial charge in [0.1, 0.15) is 0 Å². The van der Waals surface area contributed by atoms with E-state index in [0.717, 1.165) is 37.5 Å². The Hall–Kier alpha value is -1.06. The lowest BCUT2D eigenvalue weighted by atomic mass is 9.72. The van der Waals surface area contributed by atoms with Gasteiger partial charge >= 0.3 is 11.9 Å². The molecule has 0 aromatic carbocycles. The van der Waals surface area contributed by atoms with Crippen LogP contribution in [0.4, 0.5) is 0 Å². The van der Waals surface area contributed by atoms with Crippen molar-refractivity contribution in [2.75, 3.05) is 14.2 Å². The van der Waals surface area contributed by atoms with Crippen LogP contribution < -0.4 is 0 Å². The maximum absolute atomic E-state index is 12.1. The lowest BCUT2D eigenvalue weighted by Gasteiger charge is -2.33. The predicted molar refractivity (Wildman–Crippen MR) is 105 cm³/mol. The molecule has 0 aromatic heterocycles. The molecule has 0 spiro atoms. The van der Waals surface area contributed by atoms with E-state index >= 15 is 0 Å². The predicted octanol–water partition coefficient (Wildman–Crippen LogP) is 5.39. The summed E-state index contributed by atoms with van der Waals surface area (Å²) in [6, 6.07) is 0. The van der Waals surface area contributed by atoms with Gasteiger partial charge in [0.05, 0.1) is 26.1 Å². The minimum atomic E-state index is -0.332. The van der Waals surface area contributed by atoms with Crippen LogP contribution in [0.2, 0.25) is 0 Å². The zero-order valence-corrected chi connectivity index (χ0v) is 17.6. The van der Waals surface area contributed by atoms with E-state index in [0.29, 0.717) is 5.92 Å². The fourth-order valence-electron chi connectivity index (χ4n) is 4.31. The zero-order chi connectivity index (χ0) is 19.5. The van der Waals surface area contributed by atoms with Crippen molar-refractivity contribution < 1.29 is 19.1 Å². The van der Waals surface area contributed by atoms with Gasteiger partial charge in [-0.25, -0.2) is 0 Å². The summed E-state index contributed by atoms with van der Waals surface area (Å²) in [5, 5.41) is 0. The third-order valence-corrected chi connectivity index (χ3v) is 6.00. The second-order valence-electron chi connectivity index (χ2n) is 8.65. The standard InChI is InChI=1S/C22H40O4/c1-16(2)9-8-11-17(3)10-6-7-12-18-13-14-19(21(23)25-4)20(15-18)22(24)26-5/h16-20H,6-15H2,1-5H3/t17?,18?,19-,20?/m0/s1. The molecule has 0 radical (unpaired) electrons. The third kappa shape index (κ3) is 8.09. The van der Waals surface area contributed by atoms with Crippen molar-refractivity contribution >= 4 is 11.9 Å². The van der Waals surface area contributed by atoms with Crippen LogP contribution in [0.3, 0.4) is 0 Å². The van der Waals surface area contributed by atoms with E-state index in [-0.39, 0.29) is 23.8 Å². The van der Waals surface area contributed by atoms with E-state index < -0.39 is 0 Å². The summed E-state index contributed by atoms with van der Waals surface area (Å²) in [4.78, 5) is 24.0. The van der Waals surface area contributed by atoms with E-state index in [1.165, 1.54) is 52.7 Å². The number of esters is 2. The maximum Gasteiger partial charge on any atom is 0.309 e. The van der Waals surface area contributed by atoms with Crippen molar-refractivity contribution in [1.29, 1.82) is 0 Å². The number of carbonyl (C=O) groups excluding carboxylic acids is 2. The normalized spacial score (nSPS) is 24.3. The molecule has 1 aliphatic rings. The number of hydrogen-bond donors (Lipinski definition) is 0. The first-order chi connectivity index (χ1) is 12.4. The molecule has 1 fully saturated rings. The van der Waals surface area contributed by atoms with Crippen molar-refractivity contribution in [3.8, 4) is 0 Å². The Kier molecular flexibility index (Phi) is 10.9. The van der Waals surface area contributed by atoms with E-state index in [4.69, 9.17) is 9.47 Å². The molecule has 0 N–H and O–H groups in total. The highest BCUT2D eigenvalue weighted by Gasteiger charge is 2.40. The minimum absolute atomic E-state index is 0.260. The highest BCUT2D eigenvalue weighted by atomic mass is 16.5. The smallest absolute Gasteiger partial charge is 0.309 e. The molecule has 0 aromatic rings. The molecule has 4 atom stereocenters. The van der Waals surface area contributed by atoms with Gasteiger partial charge in [0.2, 0.25) is 0 Å². The zero-order valence-electron chi connectivity index (χ0n) is 17.6. The van der Waals surface area contributed by atoms with Gasteiger partial charge in [-0.15, -0.1) is 0 Å². The highest BCUT2D eigenvalue weighted by Crippen LogP contribution is 2.38. The quantitative estimate of drug-likeness (QED) is 0.362. The fraction of sp³-hybridized carbons (Fsp3) is 0.909. The Morgan fingerprint density at radius 2 is 1.46 bits per heavy atom. The molecule has 0 amide bonds.